The number of anilines is 2. The number of ether oxygens (including phenoxy) is 2. The number of carbonyl (C=O) groups excluding carboxylic acids is 1. The second kappa shape index (κ2) is 9.25. The van der Waals surface area contributed by atoms with E-state index in [1.165, 1.54) is 26.5 Å². The third-order valence-corrected chi connectivity index (χ3v) is 6.06. The number of nitrogens with zero attached hydrogens (tertiary/aromatic N) is 2. The van der Waals surface area contributed by atoms with Crippen LogP contribution in [0, 0.1) is 0 Å². The summed E-state index contributed by atoms with van der Waals surface area (Å²) in [6.07, 6.45) is -1.40. The molecule has 0 spiro atoms. The van der Waals surface area contributed by atoms with E-state index < -0.39 is 17.8 Å². The Hall–Kier alpha value is -3.54. The molecule has 9 nitrogen and oxygen atoms in total. The van der Waals surface area contributed by atoms with Gasteiger partial charge in [-0.3, -0.25) is 5.32 Å². The average Bonchev–Trinajstić information content (AvgIpc) is 3.23. The molecule has 1 atom stereocenters. The van der Waals surface area contributed by atoms with Gasteiger partial charge >= 0.3 is 12.3 Å². The number of alkyl halides is 3. The maximum atomic E-state index is 13.9. The Bertz CT molecular complexity index is 1230. The average molecular weight is 493 g/mol. The van der Waals surface area contributed by atoms with Gasteiger partial charge < -0.3 is 25.1 Å². The quantitative estimate of drug-likeness (QED) is 0.406. The lowest BCUT2D eigenvalue weighted by Crippen LogP contribution is -2.50. The van der Waals surface area contributed by atoms with Gasteiger partial charge in [-0.1, -0.05) is 0 Å². The monoisotopic (exact) mass is 492 g/mol. The first-order valence-corrected chi connectivity index (χ1v) is 11.0. The molecule has 1 aliphatic rings. The molecule has 3 heterocycles. The largest absolute Gasteiger partial charge is 0.492 e. The van der Waals surface area contributed by atoms with Gasteiger partial charge in [0.2, 0.25) is 5.95 Å². The molecule has 1 aliphatic heterocycles. The maximum absolute atomic E-state index is 13.9. The lowest BCUT2D eigenvalue weighted by atomic mass is 9.91. The highest BCUT2D eigenvalue weighted by Crippen LogP contribution is 2.42. The van der Waals surface area contributed by atoms with E-state index in [2.05, 4.69) is 49.5 Å². The Morgan fingerprint density at radius 1 is 1.26 bits per heavy atom. The summed E-state index contributed by atoms with van der Waals surface area (Å²) in [6, 6.07) is 3.10. The van der Waals surface area contributed by atoms with Gasteiger partial charge in [-0.25, -0.2) is 14.8 Å². The number of rotatable bonds is 5. The van der Waals surface area contributed by atoms with Crippen molar-refractivity contribution in [2.75, 3.05) is 31.4 Å². The number of nitrogens with one attached hydrogen (secondary N) is 4. The number of hydrogen-bond acceptors (Lipinski definition) is 7. The SMILES string of the molecule is COC(=O)Nc1ccc2c(-c3nc(N[C@H]4CCC(C)(C)NC4)ncc3C(F)(F)F)c[nH]c2c1OC. The zero-order chi connectivity index (χ0) is 25.4. The van der Waals surface area contributed by atoms with Crippen LogP contribution < -0.4 is 20.7 Å². The molecule has 12 heteroatoms. The van der Waals surface area contributed by atoms with Gasteiger partial charge in [0, 0.05) is 41.5 Å². The summed E-state index contributed by atoms with van der Waals surface area (Å²) in [4.78, 5) is 22.8. The number of halogens is 3. The number of amides is 1. The molecule has 4 N–H and O–H groups in total. The van der Waals surface area contributed by atoms with Crippen LogP contribution in [0.15, 0.2) is 24.5 Å². The first kappa shape index (κ1) is 24.6. The Morgan fingerprint density at radius 2 is 2.03 bits per heavy atom. The minimum absolute atomic E-state index is 0.00894. The predicted molar refractivity (Wildman–Crippen MR) is 126 cm³/mol. The second-order valence-corrected chi connectivity index (χ2v) is 8.99. The van der Waals surface area contributed by atoms with Crippen molar-refractivity contribution in [3.8, 4) is 17.0 Å². The third kappa shape index (κ3) is 5.11. The van der Waals surface area contributed by atoms with Crippen LogP contribution in [0.5, 0.6) is 5.75 Å². The molecule has 0 bridgehead atoms. The maximum Gasteiger partial charge on any atom is 0.419 e. The number of methoxy groups -OCH3 is 2. The lowest BCUT2D eigenvalue weighted by molar-refractivity contribution is -0.137. The van der Waals surface area contributed by atoms with Crippen LogP contribution in [0.2, 0.25) is 0 Å². The number of carbonyl (C=O) groups is 1. The van der Waals surface area contributed by atoms with Gasteiger partial charge in [0.15, 0.2) is 5.75 Å². The van der Waals surface area contributed by atoms with Crippen molar-refractivity contribution in [2.24, 2.45) is 0 Å². The van der Waals surface area contributed by atoms with Crippen LogP contribution in [0.3, 0.4) is 0 Å². The molecular weight excluding hydrogens is 465 g/mol. The molecule has 2 aromatic heterocycles. The smallest absolute Gasteiger partial charge is 0.419 e. The summed E-state index contributed by atoms with van der Waals surface area (Å²) in [5.74, 6) is 0.362. The summed E-state index contributed by atoms with van der Waals surface area (Å²) < 4.78 is 51.7. The highest BCUT2D eigenvalue weighted by atomic mass is 19.4. The number of piperidine rings is 1. The van der Waals surface area contributed by atoms with E-state index in [-0.39, 0.29) is 34.5 Å². The van der Waals surface area contributed by atoms with E-state index in [4.69, 9.17) is 4.74 Å². The second-order valence-electron chi connectivity index (χ2n) is 8.99. The van der Waals surface area contributed by atoms with Crippen LogP contribution in [0.1, 0.15) is 32.3 Å². The molecule has 3 aromatic rings. The molecule has 4 rings (SSSR count). The van der Waals surface area contributed by atoms with Crippen LogP contribution in [0.4, 0.5) is 29.6 Å². The van der Waals surface area contributed by atoms with E-state index in [9.17, 15) is 18.0 Å². The number of benzene rings is 1. The summed E-state index contributed by atoms with van der Waals surface area (Å²) in [6.45, 7) is 4.85. The van der Waals surface area contributed by atoms with Gasteiger partial charge in [-0.05, 0) is 38.8 Å². The highest BCUT2D eigenvalue weighted by Gasteiger charge is 2.36. The van der Waals surface area contributed by atoms with Crippen molar-refractivity contribution in [1.82, 2.24) is 20.3 Å². The molecule has 188 valence electrons. The first-order chi connectivity index (χ1) is 16.5. The Morgan fingerprint density at radius 3 is 2.66 bits per heavy atom. The number of aromatic nitrogens is 3. The fourth-order valence-electron chi connectivity index (χ4n) is 4.13. The number of fused-ring (bicyclic) bond motifs is 1. The molecule has 1 saturated heterocycles. The summed E-state index contributed by atoms with van der Waals surface area (Å²) >= 11 is 0. The normalized spacial score (nSPS) is 17.7. The van der Waals surface area contributed by atoms with E-state index in [1.54, 1.807) is 6.07 Å². The molecule has 0 saturated carbocycles. The van der Waals surface area contributed by atoms with Crippen LogP contribution in [-0.2, 0) is 10.9 Å². The predicted octanol–water partition coefficient (Wildman–Crippen LogP) is 4.77. The molecule has 0 unspecified atom stereocenters. The van der Waals surface area contributed by atoms with Crippen molar-refractivity contribution in [3.63, 3.8) is 0 Å². The number of hydrogen-bond donors (Lipinski definition) is 4. The van der Waals surface area contributed by atoms with Crippen LogP contribution in [-0.4, -0.2) is 53.4 Å². The van der Waals surface area contributed by atoms with Crippen molar-refractivity contribution >= 4 is 28.6 Å². The van der Waals surface area contributed by atoms with E-state index >= 15 is 0 Å². The van der Waals surface area contributed by atoms with Crippen molar-refractivity contribution in [1.29, 1.82) is 0 Å². The molecule has 0 aliphatic carbocycles. The number of aromatic amines is 1. The lowest BCUT2D eigenvalue weighted by Gasteiger charge is -2.36. The summed E-state index contributed by atoms with van der Waals surface area (Å²) in [7, 11) is 2.61. The third-order valence-electron chi connectivity index (χ3n) is 6.06. The zero-order valence-corrected chi connectivity index (χ0v) is 19.8. The van der Waals surface area contributed by atoms with Gasteiger partial charge in [0.1, 0.15) is 5.56 Å². The minimum Gasteiger partial charge on any atom is -0.492 e. The van der Waals surface area contributed by atoms with Crippen molar-refractivity contribution < 1.29 is 27.4 Å². The van der Waals surface area contributed by atoms with E-state index in [0.717, 1.165) is 19.0 Å². The van der Waals surface area contributed by atoms with Gasteiger partial charge in [0.25, 0.3) is 0 Å². The van der Waals surface area contributed by atoms with Crippen molar-refractivity contribution in [3.05, 3.63) is 30.1 Å². The van der Waals surface area contributed by atoms with Crippen LogP contribution in [0.25, 0.3) is 22.2 Å². The van der Waals surface area contributed by atoms with Gasteiger partial charge in [0.05, 0.1) is 31.1 Å². The van der Waals surface area contributed by atoms with Gasteiger partial charge in [-0.2, -0.15) is 13.2 Å². The Kier molecular flexibility index (Phi) is 6.50. The standard InChI is InChI=1S/C23H27F3N6O3/c1-22(2)8-7-12(9-29-22)30-20-28-11-15(23(24,25)26)17(32-20)14-10-27-18-13(14)5-6-16(19(18)34-3)31-21(33)35-4/h5-6,10-12,27,29H,7-9H2,1-4H3,(H,31,33)(H,28,30,32)/t12-/m0/s1. The molecule has 35 heavy (non-hydrogen) atoms. The van der Waals surface area contributed by atoms with Crippen LogP contribution >= 0.6 is 0 Å². The van der Waals surface area contributed by atoms with Crippen molar-refractivity contribution in [2.45, 2.75) is 44.4 Å². The summed E-state index contributed by atoms with van der Waals surface area (Å²) in [5.41, 5.74) is -0.285. The molecule has 1 aromatic carbocycles. The Labute approximate surface area is 199 Å². The molecule has 1 fully saturated rings. The highest BCUT2D eigenvalue weighted by molar-refractivity contribution is 6.03. The summed E-state index contributed by atoms with van der Waals surface area (Å²) in [5, 5.41) is 9.53. The zero-order valence-electron chi connectivity index (χ0n) is 19.8. The molecule has 0 radical (unpaired) electrons. The van der Waals surface area contributed by atoms with E-state index in [0.29, 0.717) is 23.1 Å². The molecular formula is C23H27F3N6O3. The van der Waals surface area contributed by atoms with E-state index in [1.807, 2.05) is 0 Å². The number of H-pyrrole nitrogens is 1. The Balaban J connectivity index is 1.75. The fourth-order valence-corrected chi connectivity index (χ4v) is 4.13. The van der Waals surface area contributed by atoms with Gasteiger partial charge in [-0.15, -0.1) is 0 Å². The minimum atomic E-state index is -4.66. The fraction of sp³-hybridized carbons (Fsp3) is 0.435. The molecule has 1 amide bonds. The topological polar surface area (TPSA) is 113 Å². The first-order valence-electron chi connectivity index (χ1n) is 11.0.